The number of methoxy groups -OCH3 is 3. The van der Waals surface area contributed by atoms with Crippen LogP contribution < -0.4 is 19.5 Å². The van der Waals surface area contributed by atoms with Crippen molar-refractivity contribution in [2.75, 3.05) is 31.4 Å². The number of amides is 1. The lowest BCUT2D eigenvalue weighted by Crippen LogP contribution is -2.16. The van der Waals surface area contributed by atoms with Crippen molar-refractivity contribution in [3.8, 4) is 11.5 Å². The number of nitrogens with one attached hydrogen (secondary N) is 2. The number of nitrogens with zero attached hydrogens (tertiary/aromatic N) is 2. The SMILES string of the molecule is COC(=O)c1cc(OC)c(OC)cc1NS(=O)(=O)c1nnc(NC(=O)c2ccccc2C)s1. The molecule has 1 amide bonds. The maximum absolute atomic E-state index is 12.9. The van der Waals surface area contributed by atoms with E-state index in [-0.39, 0.29) is 27.9 Å². The minimum absolute atomic E-state index is 0.0101. The third-order valence-electron chi connectivity index (χ3n) is 4.42. The third kappa shape index (κ3) is 5.21. The summed E-state index contributed by atoms with van der Waals surface area (Å²) in [5.74, 6) is -0.851. The highest BCUT2D eigenvalue weighted by Crippen LogP contribution is 2.35. The normalized spacial score (nSPS) is 10.9. The number of carbonyl (C=O) groups is 2. The van der Waals surface area contributed by atoms with E-state index in [4.69, 9.17) is 14.2 Å². The van der Waals surface area contributed by atoms with Crippen molar-refractivity contribution in [3.63, 3.8) is 0 Å². The van der Waals surface area contributed by atoms with Crippen LogP contribution in [0.25, 0.3) is 0 Å². The van der Waals surface area contributed by atoms with Gasteiger partial charge in [0.2, 0.25) is 5.13 Å². The second-order valence-corrected chi connectivity index (χ2v) is 9.33. The smallest absolute Gasteiger partial charge is 0.340 e. The van der Waals surface area contributed by atoms with E-state index in [1.54, 1.807) is 31.2 Å². The molecule has 0 aliphatic rings. The first kappa shape index (κ1) is 23.9. The van der Waals surface area contributed by atoms with Gasteiger partial charge in [-0.05, 0) is 18.6 Å². The third-order valence-corrected chi connectivity index (χ3v) is 6.99. The molecule has 11 nitrogen and oxygen atoms in total. The molecule has 0 saturated heterocycles. The van der Waals surface area contributed by atoms with Gasteiger partial charge in [0.05, 0.1) is 32.6 Å². The first-order chi connectivity index (χ1) is 15.7. The topological polar surface area (TPSA) is 146 Å². The lowest BCUT2D eigenvalue weighted by atomic mass is 10.1. The Labute approximate surface area is 193 Å². The van der Waals surface area contributed by atoms with E-state index in [0.717, 1.165) is 12.7 Å². The second-order valence-electron chi connectivity index (χ2n) is 6.49. The van der Waals surface area contributed by atoms with Crippen molar-refractivity contribution < 1.29 is 32.2 Å². The summed E-state index contributed by atoms with van der Waals surface area (Å²) in [6.45, 7) is 1.77. The molecule has 1 heterocycles. The zero-order chi connectivity index (χ0) is 24.2. The number of rotatable bonds is 8. The van der Waals surface area contributed by atoms with Gasteiger partial charge in [-0.15, -0.1) is 10.2 Å². The highest BCUT2D eigenvalue weighted by Gasteiger charge is 2.26. The van der Waals surface area contributed by atoms with Crippen molar-refractivity contribution in [2.24, 2.45) is 0 Å². The number of esters is 1. The number of hydrogen-bond acceptors (Lipinski definition) is 10. The Bertz CT molecular complexity index is 1310. The molecular formula is C20H20N4O7S2. The molecule has 3 aromatic rings. The molecule has 174 valence electrons. The number of aryl methyl sites for hydroxylation is 1. The Hall–Kier alpha value is -3.71. The standard InChI is InChI=1S/C20H20N4O7S2/c1-11-7-5-6-8-12(11)17(25)21-19-22-23-20(32-19)33(27,28)24-14-10-16(30-3)15(29-2)9-13(14)18(26)31-4/h5-10,24H,1-4H3,(H,21,22,25). The fraction of sp³-hybridized carbons (Fsp3) is 0.200. The van der Waals surface area contributed by atoms with Crippen LogP contribution in [0.15, 0.2) is 40.7 Å². The molecule has 0 unspecified atom stereocenters. The summed E-state index contributed by atoms with van der Waals surface area (Å²) in [4.78, 5) is 24.6. The summed E-state index contributed by atoms with van der Waals surface area (Å²) in [6, 6.07) is 9.49. The van der Waals surface area contributed by atoms with E-state index in [1.807, 2.05) is 0 Å². The van der Waals surface area contributed by atoms with Gasteiger partial charge >= 0.3 is 5.97 Å². The van der Waals surface area contributed by atoms with Crippen LogP contribution in [0.4, 0.5) is 10.8 Å². The summed E-state index contributed by atoms with van der Waals surface area (Å²) in [7, 11) is -0.377. The van der Waals surface area contributed by atoms with Crippen LogP contribution in [-0.4, -0.2) is 51.8 Å². The van der Waals surface area contributed by atoms with Gasteiger partial charge in [-0.1, -0.05) is 29.5 Å². The van der Waals surface area contributed by atoms with Crippen molar-refractivity contribution in [1.29, 1.82) is 0 Å². The highest BCUT2D eigenvalue weighted by molar-refractivity contribution is 7.94. The van der Waals surface area contributed by atoms with E-state index in [0.29, 0.717) is 16.9 Å². The Kier molecular flexibility index (Phi) is 7.13. The summed E-state index contributed by atoms with van der Waals surface area (Å²) in [6.07, 6.45) is 0. The van der Waals surface area contributed by atoms with E-state index in [9.17, 15) is 18.0 Å². The Morgan fingerprint density at radius 2 is 1.64 bits per heavy atom. The number of hydrogen-bond donors (Lipinski definition) is 2. The molecule has 0 spiro atoms. The summed E-state index contributed by atoms with van der Waals surface area (Å²) in [5, 5.41) is 9.91. The largest absolute Gasteiger partial charge is 0.493 e. The van der Waals surface area contributed by atoms with Crippen molar-refractivity contribution in [2.45, 2.75) is 11.3 Å². The van der Waals surface area contributed by atoms with Crippen LogP contribution in [0.3, 0.4) is 0 Å². The van der Waals surface area contributed by atoms with Gasteiger partial charge in [0.25, 0.3) is 20.3 Å². The average molecular weight is 493 g/mol. The molecule has 0 aliphatic carbocycles. The number of carbonyl (C=O) groups excluding carboxylic acids is 2. The van der Waals surface area contributed by atoms with Gasteiger partial charge in [-0.25, -0.2) is 4.79 Å². The van der Waals surface area contributed by atoms with Gasteiger partial charge < -0.3 is 14.2 Å². The van der Waals surface area contributed by atoms with Gasteiger partial charge in [-0.3, -0.25) is 14.8 Å². The van der Waals surface area contributed by atoms with Crippen LogP contribution in [0.5, 0.6) is 11.5 Å². The van der Waals surface area contributed by atoms with E-state index in [1.165, 1.54) is 26.4 Å². The second kappa shape index (κ2) is 9.83. The molecule has 2 N–H and O–H groups in total. The maximum Gasteiger partial charge on any atom is 0.340 e. The molecule has 2 aromatic carbocycles. The molecule has 3 rings (SSSR count). The average Bonchev–Trinajstić information content (AvgIpc) is 3.27. The summed E-state index contributed by atoms with van der Waals surface area (Å²) >= 11 is 0.649. The first-order valence-corrected chi connectivity index (χ1v) is 11.6. The molecule has 0 radical (unpaired) electrons. The van der Waals surface area contributed by atoms with Crippen molar-refractivity contribution >= 4 is 44.1 Å². The first-order valence-electron chi connectivity index (χ1n) is 9.27. The highest BCUT2D eigenvalue weighted by atomic mass is 32.2. The quantitative estimate of drug-likeness (QED) is 0.358. The minimum Gasteiger partial charge on any atom is -0.493 e. The van der Waals surface area contributed by atoms with Crippen molar-refractivity contribution in [3.05, 3.63) is 53.1 Å². The molecule has 13 heteroatoms. The zero-order valence-electron chi connectivity index (χ0n) is 18.0. The van der Waals surface area contributed by atoms with E-state index < -0.39 is 26.2 Å². The lowest BCUT2D eigenvalue weighted by molar-refractivity contribution is 0.0601. The maximum atomic E-state index is 12.9. The fourth-order valence-electron chi connectivity index (χ4n) is 2.79. The molecule has 0 aliphatic heterocycles. The van der Waals surface area contributed by atoms with Gasteiger partial charge in [-0.2, -0.15) is 8.42 Å². The molecule has 0 fully saturated rings. The summed E-state index contributed by atoms with van der Waals surface area (Å²) < 4.78 is 42.7. The van der Waals surface area contributed by atoms with Crippen LogP contribution in [-0.2, 0) is 14.8 Å². The predicted molar refractivity (Wildman–Crippen MR) is 121 cm³/mol. The van der Waals surface area contributed by atoms with Crippen molar-refractivity contribution in [1.82, 2.24) is 10.2 Å². The van der Waals surface area contributed by atoms with Gasteiger partial charge in [0, 0.05) is 17.7 Å². The van der Waals surface area contributed by atoms with Crippen LogP contribution in [0.1, 0.15) is 26.3 Å². The molecule has 0 bridgehead atoms. The van der Waals surface area contributed by atoms with Gasteiger partial charge in [0.1, 0.15) is 0 Å². The number of benzene rings is 2. The minimum atomic E-state index is -4.27. The number of sulfonamides is 1. The molecule has 0 saturated carbocycles. The molecule has 0 atom stereocenters. The lowest BCUT2D eigenvalue weighted by Gasteiger charge is -2.14. The Balaban J connectivity index is 1.89. The van der Waals surface area contributed by atoms with Crippen LogP contribution in [0, 0.1) is 6.92 Å². The number of ether oxygens (including phenoxy) is 3. The number of aromatic nitrogens is 2. The fourth-order valence-corrected chi connectivity index (χ4v) is 4.76. The zero-order valence-corrected chi connectivity index (χ0v) is 19.7. The van der Waals surface area contributed by atoms with Crippen LogP contribution >= 0.6 is 11.3 Å². The molecular weight excluding hydrogens is 472 g/mol. The van der Waals surface area contributed by atoms with E-state index in [2.05, 4.69) is 20.2 Å². The number of anilines is 2. The van der Waals surface area contributed by atoms with E-state index >= 15 is 0 Å². The van der Waals surface area contributed by atoms with Gasteiger partial charge in [0.15, 0.2) is 11.5 Å². The Morgan fingerprint density at radius 3 is 2.27 bits per heavy atom. The molecule has 33 heavy (non-hydrogen) atoms. The van der Waals surface area contributed by atoms with Crippen LogP contribution in [0.2, 0.25) is 0 Å². The monoisotopic (exact) mass is 492 g/mol. The molecule has 1 aromatic heterocycles. The summed E-state index contributed by atoms with van der Waals surface area (Å²) in [5.41, 5.74) is 0.956. The Morgan fingerprint density at radius 1 is 0.970 bits per heavy atom. The predicted octanol–water partition coefficient (Wildman–Crippen LogP) is 2.70.